The van der Waals surface area contributed by atoms with Crippen LogP contribution in [0.4, 0.5) is 0 Å². The van der Waals surface area contributed by atoms with Crippen LogP contribution >= 0.6 is 11.3 Å². The number of rotatable bonds is 12. The Morgan fingerprint density at radius 1 is 0.941 bits per heavy atom. The minimum absolute atomic E-state index is 0.0505. The van der Waals surface area contributed by atoms with Gasteiger partial charge in [0.15, 0.2) is 0 Å². The van der Waals surface area contributed by atoms with Crippen LogP contribution in [0.2, 0.25) is 0 Å². The van der Waals surface area contributed by atoms with Gasteiger partial charge in [-0.05, 0) is 73.8 Å². The van der Waals surface area contributed by atoms with E-state index in [0.29, 0.717) is 0 Å². The molecule has 0 aliphatic heterocycles. The van der Waals surface area contributed by atoms with Crippen molar-refractivity contribution >= 4 is 32.3 Å². The molecule has 0 saturated heterocycles. The number of hydrogen-bond acceptors (Lipinski definition) is 5. The Hall–Kier alpha value is -2.83. The number of hydrogen-bond donors (Lipinski definition) is 1. The lowest BCUT2D eigenvalue weighted by Gasteiger charge is -2.17. The molecule has 4 aromatic rings. The van der Waals surface area contributed by atoms with Gasteiger partial charge in [-0.15, -0.1) is 11.3 Å². The Balaban J connectivity index is 1.44. The van der Waals surface area contributed by atoms with Crippen molar-refractivity contribution in [2.45, 2.75) is 39.5 Å². The van der Waals surface area contributed by atoms with Crippen molar-refractivity contribution < 1.29 is 9.47 Å². The molecule has 0 atom stereocenters. The molecule has 34 heavy (non-hydrogen) atoms. The average Bonchev–Trinajstić information content (AvgIpc) is 3.36. The number of nitrogens with one attached hydrogen (secondary N) is 1. The summed E-state index contributed by atoms with van der Waals surface area (Å²) >= 11 is 1.46. The van der Waals surface area contributed by atoms with Crippen LogP contribution in [0, 0.1) is 0 Å². The molecule has 0 radical (unpaired) electrons. The molecule has 5 nitrogen and oxygen atoms in total. The molecule has 0 aliphatic rings. The Morgan fingerprint density at radius 2 is 1.71 bits per heavy atom. The fraction of sp³-hybridized carbons (Fsp3) is 0.393. The van der Waals surface area contributed by atoms with Gasteiger partial charge in [0.05, 0.1) is 13.7 Å². The minimum Gasteiger partial charge on any atom is -0.496 e. The highest BCUT2D eigenvalue weighted by Crippen LogP contribution is 2.40. The van der Waals surface area contributed by atoms with Gasteiger partial charge in [0, 0.05) is 21.9 Å². The number of thiophene rings is 1. The summed E-state index contributed by atoms with van der Waals surface area (Å²) in [6, 6.07) is 14.0. The van der Waals surface area contributed by atoms with Crippen LogP contribution in [0.1, 0.15) is 39.5 Å². The Bertz CT molecular complexity index is 1270. The Labute approximate surface area is 205 Å². The molecule has 2 aromatic heterocycles. The number of H-pyrrole nitrogens is 1. The van der Waals surface area contributed by atoms with Gasteiger partial charge in [0.25, 0.3) is 5.56 Å². The summed E-state index contributed by atoms with van der Waals surface area (Å²) < 4.78 is 12.4. The maximum absolute atomic E-state index is 12.4. The second-order valence-electron chi connectivity index (χ2n) is 8.50. The van der Waals surface area contributed by atoms with E-state index in [1.807, 2.05) is 35.7 Å². The molecular weight excluding hydrogens is 444 g/mol. The maximum atomic E-state index is 12.4. The first-order valence-corrected chi connectivity index (χ1v) is 13.1. The Morgan fingerprint density at radius 3 is 2.44 bits per heavy atom. The molecule has 4 rings (SSSR count). The van der Waals surface area contributed by atoms with Crippen LogP contribution in [0.15, 0.2) is 52.6 Å². The third-order valence-corrected chi connectivity index (χ3v) is 7.36. The maximum Gasteiger partial charge on any atom is 0.266 e. The molecule has 0 amide bonds. The first-order chi connectivity index (χ1) is 16.7. The zero-order valence-corrected chi connectivity index (χ0v) is 21.2. The number of methoxy groups -OCH3 is 1. The van der Waals surface area contributed by atoms with Crippen molar-refractivity contribution in [2.24, 2.45) is 0 Å². The van der Waals surface area contributed by atoms with Crippen LogP contribution in [-0.4, -0.2) is 43.2 Å². The minimum atomic E-state index is -0.0505. The third kappa shape index (κ3) is 5.29. The third-order valence-electron chi connectivity index (χ3n) is 6.45. The lowest BCUT2D eigenvalue weighted by atomic mass is 9.97. The number of unbranched alkanes of at least 4 members (excludes halogenated alkanes) is 3. The van der Waals surface area contributed by atoms with E-state index >= 15 is 0 Å². The number of fused-ring (bicyclic) bond motifs is 3. The molecule has 2 aromatic carbocycles. The normalized spacial score (nSPS) is 11.5. The molecule has 0 aliphatic carbocycles. The average molecular weight is 479 g/mol. The summed E-state index contributed by atoms with van der Waals surface area (Å²) in [7, 11) is 1.68. The van der Waals surface area contributed by atoms with E-state index in [1.165, 1.54) is 37.1 Å². The lowest BCUT2D eigenvalue weighted by Crippen LogP contribution is -2.23. The largest absolute Gasteiger partial charge is 0.496 e. The molecule has 6 heteroatoms. The number of aromatic amines is 1. The molecular formula is C28H34N2O3S. The van der Waals surface area contributed by atoms with E-state index < -0.39 is 0 Å². The topological polar surface area (TPSA) is 54.6 Å². The molecule has 2 heterocycles. The standard InChI is InChI=1S/C28H34N2O3S/c1-4-30(5-2)17-8-6-7-9-18-33-21-12-10-20(11-13-21)25-24(32-3)15-14-23-26(25)22-16-19-34-27(22)28(31)29-23/h10-16,19H,4-9,17-18H2,1-3H3,(H,29,31). The van der Waals surface area contributed by atoms with Crippen molar-refractivity contribution in [3.8, 4) is 22.6 Å². The van der Waals surface area contributed by atoms with Gasteiger partial charge in [-0.3, -0.25) is 4.79 Å². The monoisotopic (exact) mass is 478 g/mol. The summed E-state index contributed by atoms with van der Waals surface area (Å²) in [6.07, 6.45) is 4.77. The van der Waals surface area contributed by atoms with E-state index in [0.717, 1.165) is 69.7 Å². The highest BCUT2D eigenvalue weighted by molar-refractivity contribution is 7.17. The van der Waals surface area contributed by atoms with Gasteiger partial charge < -0.3 is 19.4 Å². The van der Waals surface area contributed by atoms with Gasteiger partial charge in [0.1, 0.15) is 16.2 Å². The number of ether oxygens (including phenoxy) is 2. The van der Waals surface area contributed by atoms with Crippen molar-refractivity contribution in [3.05, 3.63) is 58.2 Å². The van der Waals surface area contributed by atoms with E-state index in [4.69, 9.17) is 9.47 Å². The fourth-order valence-electron chi connectivity index (χ4n) is 4.52. The first-order valence-electron chi connectivity index (χ1n) is 12.2. The SMILES string of the molecule is CCN(CC)CCCCCCOc1ccc(-c2c(OC)ccc3[nH]c(=O)c4sccc4c23)cc1. The van der Waals surface area contributed by atoms with Gasteiger partial charge in [-0.25, -0.2) is 0 Å². The van der Waals surface area contributed by atoms with E-state index in [9.17, 15) is 4.79 Å². The van der Waals surface area contributed by atoms with Crippen molar-refractivity contribution in [1.29, 1.82) is 0 Å². The predicted molar refractivity (Wildman–Crippen MR) is 144 cm³/mol. The number of aromatic nitrogens is 1. The summed E-state index contributed by atoms with van der Waals surface area (Å²) in [5, 5.41) is 3.93. The number of pyridine rings is 1. The predicted octanol–water partition coefficient (Wildman–Crippen LogP) is 6.70. The van der Waals surface area contributed by atoms with Gasteiger partial charge in [0.2, 0.25) is 0 Å². The molecule has 0 saturated carbocycles. The second kappa shape index (κ2) is 11.5. The second-order valence-corrected chi connectivity index (χ2v) is 9.41. The highest BCUT2D eigenvalue weighted by Gasteiger charge is 2.16. The molecule has 0 spiro atoms. The van der Waals surface area contributed by atoms with Crippen molar-refractivity contribution in [1.82, 2.24) is 9.88 Å². The van der Waals surface area contributed by atoms with Crippen LogP contribution in [0.3, 0.4) is 0 Å². The summed E-state index contributed by atoms with van der Waals surface area (Å²) in [6.45, 7) is 8.65. The van der Waals surface area contributed by atoms with E-state index in [2.05, 4.69) is 35.9 Å². The van der Waals surface area contributed by atoms with Gasteiger partial charge in [-0.2, -0.15) is 0 Å². The number of benzene rings is 2. The van der Waals surface area contributed by atoms with E-state index in [1.54, 1.807) is 7.11 Å². The molecule has 180 valence electrons. The molecule has 0 fully saturated rings. The summed E-state index contributed by atoms with van der Waals surface area (Å²) in [4.78, 5) is 17.9. The molecule has 1 N–H and O–H groups in total. The quantitative estimate of drug-likeness (QED) is 0.230. The fourth-order valence-corrected chi connectivity index (χ4v) is 5.32. The smallest absolute Gasteiger partial charge is 0.266 e. The summed E-state index contributed by atoms with van der Waals surface area (Å²) in [5.41, 5.74) is 2.78. The van der Waals surface area contributed by atoms with Crippen LogP contribution in [0.5, 0.6) is 11.5 Å². The van der Waals surface area contributed by atoms with Gasteiger partial charge >= 0.3 is 0 Å². The zero-order valence-electron chi connectivity index (χ0n) is 20.4. The summed E-state index contributed by atoms with van der Waals surface area (Å²) in [5.74, 6) is 1.66. The zero-order chi connectivity index (χ0) is 23.9. The van der Waals surface area contributed by atoms with Crippen LogP contribution in [0.25, 0.3) is 32.1 Å². The lowest BCUT2D eigenvalue weighted by molar-refractivity contribution is 0.284. The Kier molecular flexibility index (Phi) is 8.25. The highest BCUT2D eigenvalue weighted by atomic mass is 32.1. The van der Waals surface area contributed by atoms with Crippen LogP contribution < -0.4 is 15.0 Å². The molecule has 0 unspecified atom stereocenters. The van der Waals surface area contributed by atoms with Crippen molar-refractivity contribution in [2.75, 3.05) is 33.4 Å². The molecule has 0 bridgehead atoms. The van der Waals surface area contributed by atoms with Gasteiger partial charge in [-0.1, -0.05) is 38.8 Å². The first kappa shape index (κ1) is 24.3. The number of nitrogens with zero attached hydrogens (tertiary/aromatic N) is 1. The van der Waals surface area contributed by atoms with Crippen molar-refractivity contribution in [3.63, 3.8) is 0 Å². The van der Waals surface area contributed by atoms with Crippen LogP contribution in [-0.2, 0) is 0 Å². The van der Waals surface area contributed by atoms with E-state index in [-0.39, 0.29) is 5.56 Å².